The molecule has 8 heteroatoms. The molecule has 0 aromatic carbocycles. The van der Waals surface area contributed by atoms with Crippen molar-refractivity contribution < 1.29 is 9.34 Å². The molecule has 3 aromatic rings. The van der Waals surface area contributed by atoms with E-state index in [-0.39, 0.29) is 5.88 Å². The lowest BCUT2D eigenvalue weighted by molar-refractivity contribution is -0.402. The van der Waals surface area contributed by atoms with Crippen molar-refractivity contribution in [1.82, 2.24) is 14.8 Å². The van der Waals surface area contributed by atoms with Gasteiger partial charge in [0.25, 0.3) is 0 Å². The first-order valence-corrected chi connectivity index (χ1v) is 6.31. The molecule has 108 valence electrons. The number of furan rings is 1. The fourth-order valence-electron chi connectivity index (χ4n) is 2.15. The summed E-state index contributed by atoms with van der Waals surface area (Å²) in [5.74, 6) is 0.230. The van der Waals surface area contributed by atoms with E-state index in [0.29, 0.717) is 12.3 Å². The highest BCUT2D eigenvalue weighted by Crippen LogP contribution is 2.21. The van der Waals surface area contributed by atoms with Crippen LogP contribution in [0.2, 0.25) is 0 Å². The molecule has 8 nitrogen and oxygen atoms in total. The standard InChI is InChI=1S/C13H13N5O3/c1-8-11-5-9(6-15-13(11)17(2)16-8)14-7-10-3-4-12(21-10)18(19)20/h3-6,14H,7H2,1-2H3. The van der Waals surface area contributed by atoms with Crippen LogP contribution in [-0.4, -0.2) is 19.7 Å². The average Bonchev–Trinajstić information content (AvgIpc) is 3.03. The second kappa shape index (κ2) is 4.89. The molecule has 3 heterocycles. The molecule has 0 bridgehead atoms. The minimum Gasteiger partial charge on any atom is -0.404 e. The van der Waals surface area contributed by atoms with Crippen molar-refractivity contribution in [2.24, 2.45) is 7.05 Å². The summed E-state index contributed by atoms with van der Waals surface area (Å²) >= 11 is 0. The fourth-order valence-corrected chi connectivity index (χ4v) is 2.15. The number of nitro groups is 1. The normalized spacial score (nSPS) is 11.0. The molecule has 21 heavy (non-hydrogen) atoms. The van der Waals surface area contributed by atoms with E-state index in [1.165, 1.54) is 6.07 Å². The predicted octanol–water partition coefficient (Wildman–Crippen LogP) is 2.39. The van der Waals surface area contributed by atoms with Crippen molar-refractivity contribution in [2.45, 2.75) is 13.5 Å². The number of hydrogen-bond donors (Lipinski definition) is 1. The summed E-state index contributed by atoms with van der Waals surface area (Å²) in [7, 11) is 1.84. The zero-order valence-electron chi connectivity index (χ0n) is 11.5. The van der Waals surface area contributed by atoms with Gasteiger partial charge in [0, 0.05) is 12.4 Å². The summed E-state index contributed by atoms with van der Waals surface area (Å²) in [6, 6.07) is 4.86. The summed E-state index contributed by atoms with van der Waals surface area (Å²) in [5, 5.41) is 18.9. The maximum absolute atomic E-state index is 10.5. The molecule has 0 aliphatic carbocycles. The monoisotopic (exact) mass is 287 g/mol. The van der Waals surface area contributed by atoms with Crippen LogP contribution in [0.15, 0.2) is 28.8 Å². The smallest absolute Gasteiger partial charge is 0.404 e. The molecule has 0 aliphatic heterocycles. The van der Waals surface area contributed by atoms with Crippen LogP contribution in [0, 0.1) is 17.0 Å². The molecule has 0 radical (unpaired) electrons. The van der Waals surface area contributed by atoms with Crippen LogP contribution in [0.3, 0.4) is 0 Å². The lowest BCUT2D eigenvalue weighted by Crippen LogP contribution is -1.99. The molecule has 0 saturated heterocycles. The van der Waals surface area contributed by atoms with Gasteiger partial charge in [0.2, 0.25) is 0 Å². The largest absolute Gasteiger partial charge is 0.433 e. The van der Waals surface area contributed by atoms with Crippen LogP contribution in [0.4, 0.5) is 11.6 Å². The molecule has 0 fully saturated rings. The first-order chi connectivity index (χ1) is 10.0. The molecule has 0 amide bonds. The second-order valence-electron chi connectivity index (χ2n) is 4.65. The van der Waals surface area contributed by atoms with E-state index in [0.717, 1.165) is 22.4 Å². The first kappa shape index (κ1) is 13.1. The van der Waals surface area contributed by atoms with Gasteiger partial charge >= 0.3 is 5.88 Å². The Hall–Kier alpha value is -2.90. The molecule has 0 saturated carbocycles. The van der Waals surface area contributed by atoms with Gasteiger partial charge in [0.05, 0.1) is 30.2 Å². The number of aryl methyl sites for hydroxylation is 2. The summed E-state index contributed by atoms with van der Waals surface area (Å²) in [5.41, 5.74) is 2.52. The average molecular weight is 287 g/mol. The van der Waals surface area contributed by atoms with Gasteiger partial charge in [-0.2, -0.15) is 5.10 Å². The molecule has 3 rings (SSSR count). The third-order valence-corrected chi connectivity index (χ3v) is 3.16. The SMILES string of the molecule is Cc1nn(C)c2ncc(NCc3ccc([N+](=O)[O-])o3)cc12. The second-order valence-corrected chi connectivity index (χ2v) is 4.65. The highest BCUT2D eigenvalue weighted by molar-refractivity contribution is 5.81. The molecular formula is C13H13N5O3. The Balaban J connectivity index is 1.78. The lowest BCUT2D eigenvalue weighted by Gasteiger charge is -2.04. The van der Waals surface area contributed by atoms with Gasteiger partial charge in [-0.05, 0) is 19.1 Å². The zero-order valence-corrected chi connectivity index (χ0v) is 11.5. The Labute approximate surface area is 119 Å². The van der Waals surface area contributed by atoms with Crippen LogP contribution in [0.1, 0.15) is 11.5 Å². The number of hydrogen-bond acceptors (Lipinski definition) is 6. The van der Waals surface area contributed by atoms with Gasteiger partial charge in [0.15, 0.2) is 5.65 Å². The molecule has 0 atom stereocenters. The first-order valence-electron chi connectivity index (χ1n) is 6.31. The summed E-state index contributed by atoms with van der Waals surface area (Å²) < 4.78 is 6.81. The van der Waals surface area contributed by atoms with Crippen LogP contribution in [-0.2, 0) is 13.6 Å². The van der Waals surface area contributed by atoms with E-state index in [1.54, 1.807) is 16.9 Å². The van der Waals surface area contributed by atoms with Crippen molar-refractivity contribution in [3.05, 3.63) is 46.0 Å². The van der Waals surface area contributed by atoms with Crippen molar-refractivity contribution in [1.29, 1.82) is 0 Å². The van der Waals surface area contributed by atoms with Crippen LogP contribution in [0.5, 0.6) is 0 Å². The van der Waals surface area contributed by atoms with Crippen LogP contribution < -0.4 is 5.32 Å². The third-order valence-electron chi connectivity index (χ3n) is 3.16. The maximum atomic E-state index is 10.5. The van der Waals surface area contributed by atoms with Gasteiger partial charge in [-0.1, -0.05) is 0 Å². The van der Waals surface area contributed by atoms with Gasteiger partial charge in [-0.25, -0.2) is 4.98 Å². The Kier molecular flexibility index (Phi) is 3.05. The van der Waals surface area contributed by atoms with Gasteiger partial charge in [-0.3, -0.25) is 14.8 Å². The van der Waals surface area contributed by atoms with Gasteiger partial charge < -0.3 is 9.73 Å². The van der Waals surface area contributed by atoms with E-state index in [2.05, 4.69) is 15.4 Å². The minimum atomic E-state index is -0.559. The topological polar surface area (TPSA) is 99.0 Å². The molecule has 3 aromatic heterocycles. The fraction of sp³-hybridized carbons (Fsp3) is 0.231. The molecule has 1 N–H and O–H groups in total. The number of fused-ring (bicyclic) bond motifs is 1. The zero-order chi connectivity index (χ0) is 15.0. The third kappa shape index (κ3) is 2.42. The Morgan fingerprint density at radius 3 is 3.00 bits per heavy atom. The van der Waals surface area contributed by atoms with E-state index in [1.807, 2.05) is 20.0 Å². The van der Waals surface area contributed by atoms with E-state index >= 15 is 0 Å². The summed E-state index contributed by atoms with van der Waals surface area (Å²) in [4.78, 5) is 14.3. The highest BCUT2D eigenvalue weighted by Gasteiger charge is 2.12. The van der Waals surface area contributed by atoms with Gasteiger partial charge in [-0.15, -0.1) is 0 Å². The van der Waals surface area contributed by atoms with Crippen LogP contribution >= 0.6 is 0 Å². The Morgan fingerprint density at radius 2 is 2.29 bits per heavy atom. The van der Waals surface area contributed by atoms with Crippen molar-refractivity contribution in [3.63, 3.8) is 0 Å². The van der Waals surface area contributed by atoms with Crippen molar-refractivity contribution in [3.8, 4) is 0 Å². The summed E-state index contributed by atoms with van der Waals surface area (Å²) in [6.07, 6.45) is 1.70. The van der Waals surface area contributed by atoms with Crippen molar-refractivity contribution >= 4 is 22.6 Å². The quantitative estimate of drug-likeness (QED) is 0.584. The molecule has 0 spiro atoms. The number of aromatic nitrogens is 3. The van der Waals surface area contributed by atoms with Crippen LogP contribution in [0.25, 0.3) is 11.0 Å². The molecule has 0 aliphatic rings. The molecular weight excluding hydrogens is 274 g/mol. The number of anilines is 1. The minimum absolute atomic E-state index is 0.261. The van der Waals surface area contributed by atoms with E-state index in [4.69, 9.17) is 4.42 Å². The Bertz CT molecular complexity index is 820. The summed E-state index contributed by atoms with van der Waals surface area (Å²) in [6.45, 7) is 2.27. The number of rotatable bonds is 4. The van der Waals surface area contributed by atoms with Gasteiger partial charge in [0.1, 0.15) is 10.7 Å². The lowest BCUT2D eigenvalue weighted by atomic mass is 10.2. The number of nitrogens with one attached hydrogen (secondary N) is 1. The van der Waals surface area contributed by atoms with Crippen molar-refractivity contribution in [2.75, 3.05) is 5.32 Å². The number of nitrogens with zero attached hydrogens (tertiary/aromatic N) is 4. The number of pyridine rings is 1. The maximum Gasteiger partial charge on any atom is 0.433 e. The Morgan fingerprint density at radius 1 is 1.48 bits per heavy atom. The highest BCUT2D eigenvalue weighted by atomic mass is 16.6. The van der Waals surface area contributed by atoms with E-state index < -0.39 is 4.92 Å². The molecule has 0 unspecified atom stereocenters. The predicted molar refractivity (Wildman–Crippen MR) is 75.9 cm³/mol. The van der Waals surface area contributed by atoms with E-state index in [9.17, 15) is 10.1 Å².